The Kier molecular flexibility index (Phi) is 8.15. The minimum atomic E-state index is -0.947. The lowest BCUT2D eigenvalue weighted by atomic mass is 10.00. The minimum Gasteiger partial charge on any atom is -0.495 e. The zero-order valence-corrected chi connectivity index (χ0v) is 22.9. The third-order valence-electron chi connectivity index (χ3n) is 7.00. The molecule has 2 amide bonds. The van der Waals surface area contributed by atoms with Gasteiger partial charge in [-0.3, -0.25) is 4.90 Å². The summed E-state index contributed by atoms with van der Waals surface area (Å²) >= 11 is 0. The van der Waals surface area contributed by atoms with Gasteiger partial charge in [-0.1, -0.05) is 78.9 Å². The van der Waals surface area contributed by atoms with E-state index in [1.807, 2.05) is 103 Å². The highest BCUT2D eigenvalue weighted by Gasteiger charge is 2.19. The molecule has 0 aliphatic carbocycles. The number of carboxylic acid groups (broad SMARTS) is 1. The number of aliphatic carboxylic acids is 1. The molecular formula is C34H31N3O4. The van der Waals surface area contributed by atoms with Gasteiger partial charge in [0.25, 0.3) is 0 Å². The molecular weight excluding hydrogens is 514 g/mol. The Balaban J connectivity index is 1.27. The normalized spacial score (nSPS) is 11.5. The fourth-order valence-corrected chi connectivity index (χ4v) is 4.71. The van der Waals surface area contributed by atoms with Gasteiger partial charge in [-0.2, -0.15) is 0 Å². The number of benzene rings is 5. The molecule has 0 saturated heterocycles. The number of ether oxygens (including phenoxy) is 1. The van der Waals surface area contributed by atoms with Crippen LogP contribution in [0.2, 0.25) is 0 Å². The molecule has 0 radical (unpaired) electrons. The summed E-state index contributed by atoms with van der Waals surface area (Å²) in [6.45, 7) is 0. The maximum atomic E-state index is 13.0. The summed E-state index contributed by atoms with van der Waals surface area (Å²) in [5.41, 5.74) is 4.89. The van der Waals surface area contributed by atoms with E-state index in [9.17, 15) is 14.7 Å². The second-order valence-corrected chi connectivity index (χ2v) is 9.74. The van der Waals surface area contributed by atoms with Gasteiger partial charge in [-0.05, 0) is 63.9 Å². The number of carbonyl (C=O) groups excluding carboxylic acids is 1. The Morgan fingerprint density at radius 2 is 1.54 bits per heavy atom. The molecule has 7 nitrogen and oxygen atoms in total. The molecule has 0 unspecified atom stereocenters. The number of fused-ring (bicyclic) bond motifs is 1. The second-order valence-electron chi connectivity index (χ2n) is 9.74. The van der Waals surface area contributed by atoms with Crippen molar-refractivity contribution >= 4 is 39.8 Å². The van der Waals surface area contributed by atoms with E-state index in [2.05, 4.69) is 10.6 Å². The number of urea groups is 1. The largest absolute Gasteiger partial charge is 0.495 e. The average molecular weight is 546 g/mol. The second kappa shape index (κ2) is 12.3. The van der Waals surface area contributed by atoms with Crippen LogP contribution in [0.15, 0.2) is 115 Å². The number of methoxy groups -OCH3 is 1. The summed E-state index contributed by atoms with van der Waals surface area (Å²) in [6.07, 6.45) is 0.297. The highest BCUT2D eigenvalue weighted by Crippen LogP contribution is 2.27. The van der Waals surface area contributed by atoms with Gasteiger partial charge in [0, 0.05) is 24.8 Å². The van der Waals surface area contributed by atoms with Crippen molar-refractivity contribution in [2.75, 3.05) is 29.7 Å². The van der Waals surface area contributed by atoms with Crippen LogP contribution in [0.3, 0.4) is 0 Å². The Morgan fingerprint density at radius 3 is 2.29 bits per heavy atom. The number of nitrogens with zero attached hydrogens (tertiary/aromatic N) is 1. The van der Waals surface area contributed by atoms with Crippen LogP contribution in [0.25, 0.3) is 21.9 Å². The average Bonchev–Trinajstić information content (AvgIpc) is 3.01. The topological polar surface area (TPSA) is 90.9 Å². The lowest BCUT2D eigenvalue weighted by Crippen LogP contribution is -2.31. The number of rotatable bonds is 9. The first kappa shape index (κ1) is 27.3. The molecule has 0 heterocycles. The van der Waals surface area contributed by atoms with Crippen LogP contribution in [0.4, 0.5) is 21.9 Å². The van der Waals surface area contributed by atoms with Gasteiger partial charge >= 0.3 is 12.0 Å². The SMILES string of the molecule is COc1ccccc1N[C@@H](Cc1ccc(-c2cccc(N(C)C(=O)Nc3ccc4ccccc4c3)c2)cc1)C(=O)O. The Morgan fingerprint density at radius 1 is 0.805 bits per heavy atom. The van der Waals surface area contributed by atoms with Gasteiger partial charge in [0.2, 0.25) is 0 Å². The van der Waals surface area contributed by atoms with Crippen molar-refractivity contribution in [3.8, 4) is 16.9 Å². The predicted octanol–water partition coefficient (Wildman–Crippen LogP) is 7.29. The summed E-state index contributed by atoms with van der Waals surface area (Å²) in [5.74, 6) is -0.359. The molecule has 3 N–H and O–H groups in total. The maximum absolute atomic E-state index is 13.0. The molecule has 0 aliphatic heterocycles. The Labute approximate surface area is 239 Å². The first-order valence-corrected chi connectivity index (χ1v) is 13.3. The van der Waals surface area contributed by atoms with E-state index in [1.54, 1.807) is 31.2 Å². The van der Waals surface area contributed by atoms with Crippen LogP contribution in [0.5, 0.6) is 5.75 Å². The van der Waals surface area contributed by atoms with E-state index in [0.29, 0.717) is 17.9 Å². The van der Waals surface area contributed by atoms with E-state index in [-0.39, 0.29) is 6.03 Å². The van der Waals surface area contributed by atoms with E-state index >= 15 is 0 Å². The highest BCUT2D eigenvalue weighted by molar-refractivity contribution is 6.02. The van der Waals surface area contributed by atoms with Gasteiger partial charge in [0.15, 0.2) is 0 Å². The van der Waals surface area contributed by atoms with Crippen LogP contribution in [0.1, 0.15) is 5.56 Å². The number of amides is 2. The molecule has 0 aromatic heterocycles. The minimum absolute atomic E-state index is 0.241. The molecule has 1 atom stereocenters. The molecule has 0 fully saturated rings. The molecule has 0 aliphatic rings. The first-order chi connectivity index (χ1) is 19.9. The molecule has 5 rings (SSSR count). The van der Waals surface area contributed by atoms with Crippen LogP contribution >= 0.6 is 0 Å². The lowest BCUT2D eigenvalue weighted by molar-refractivity contribution is -0.137. The Bertz CT molecular complexity index is 1680. The smallest absolute Gasteiger partial charge is 0.326 e. The first-order valence-electron chi connectivity index (χ1n) is 13.3. The summed E-state index contributed by atoms with van der Waals surface area (Å²) < 4.78 is 5.34. The zero-order valence-electron chi connectivity index (χ0n) is 22.9. The van der Waals surface area contributed by atoms with Crippen molar-refractivity contribution in [1.29, 1.82) is 0 Å². The number of anilines is 3. The molecule has 5 aromatic rings. The van der Waals surface area contributed by atoms with Gasteiger partial charge < -0.3 is 20.5 Å². The lowest BCUT2D eigenvalue weighted by Gasteiger charge is -2.19. The van der Waals surface area contributed by atoms with Crippen LogP contribution in [0, 0.1) is 0 Å². The van der Waals surface area contributed by atoms with Crippen molar-refractivity contribution < 1.29 is 19.4 Å². The Hall–Kier alpha value is -5.30. The number of hydrogen-bond donors (Lipinski definition) is 3. The highest BCUT2D eigenvalue weighted by atomic mass is 16.5. The maximum Gasteiger partial charge on any atom is 0.326 e. The van der Waals surface area contributed by atoms with Gasteiger partial charge in [0.05, 0.1) is 12.8 Å². The fourth-order valence-electron chi connectivity index (χ4n) is 4.71. The number of para-hydroxylation sites is 2. The summed E-state index contributed by atoms with van der Waals surface area (Å²) in [6, 6.07) is 35.6. The fraction of sp³-hybridized carbons (Fsp3) is 0.118. The summed E-state index contributed by atoms with van der Waals surface area (Å²) in [7, 11) is 3.29. The molecule has 41 heavy (non-hydrogen) atoms. The van der Waals surface area contributed by atoms with Crippen LogP contribution in [-0.4, -0.2) is 37.3 Å². The van der Waals surface area contributed by atoms with E-state index in [4.69, 9.17) is 4.74 Å². The number of hydrogen-bond acceptors (Lipinski definition) is 4. The molecule has 0 spiro atoms. The molecule has 0 bridgehead atoms. The summed E-state index contributed by atoms with van der Waals surface area (Å²) in [5, 5.41) is 18.0. The third kappa shape index (κ3) is 6.47. The molecule has 7 heteroatoms. The van der Waals surface area contributed by atoms with Gasteiger partial charge in [-0.15, -0.1) is 0 Å². The van der Waals surface area contributed by atoms with Crippen molar-refractivity contribution in [3.63, 3.8) is 0 Å². The van der Waals surface area contributed by atoms with Crippen molar-refractivity contribution in [2.24, 2.45) is 0 Å². The molecule has 0 saturated carbocycles. The summed E-state index contributed by atoms with van der Waals surface area (Å²) in [4.78, 5) is 26.6. The van der Waals surface area contributed by atoms with Gasteiger partial charge in [0.1, 0.15) is 11.8 Å². The predicted molar refractivity (Wildman–Crippen MR) is 165 cm³/mol. The number of carbonyl (C=O) groups is 2. The van der Waals surface area contributed by atoms with Crippen molar-refractivity contribution in [2.45, 2.75) is 12.5 Å². The van der Waals surface area contributed by atoms with Crippen molar-refractivity contribution in [3.05, 3.63) is 121 Å². The van der Waals surface area contributed by atoms with E-state index < -0.39 is 12.0 Å². The van der Waals surface area contributed by atoms with Crippen LogP contribution < -0.4 is 20.3 Å². The van der Waals surface area contributed by atoms with E-state index in [1.165, 1.54) is 0 Å². The monoisotopic (exact) mass is 545 g/mol. The molecule has 5 aromatic carbocycles. The standard InChI is InChI=1S/C34H31N3O4/c1-37(34(40)35-28-19-18-24-8-3-4-9-26(24)21-28)29-11-7-10-27(22-29)25-16-14-23(15-17-25)20-31(33(38)39)36-30-12-5-6-13-32(30)41-2/h3-19,21-22,31,36H,20H2,1-2H3,(H,35,40)(H,38,39)/t31-/m0/s1. The van der Waals surface area contributed by atoms with Gasteiger partial charge in [-0.25, -0.2) is 9.59 Å². The van der Waals surface area contributed by atoms with E-state index in [0.717, 1.165) is 38.8 Å². The number of carboxylic acids is 1. The molecule has 206 valence electrons. The number of nitrogens with one attached hydrogen (secondary N) is 2. The third-order valence-corrected chi connectivity index (χ3v) is 7.00. The van der Waals surface area contributed by atoms with Crippen LogP contribution in [-0.2, 0) is 11.2 Å². The zero-order chi connectivity index (χ0) is 28.8. The quantitative estimate of drug-likeness (QED) is 0.181. The van der Waals surface area contributed by atoms with Crippen molar-refractivity contribution in [1.82, 2.24) is 0 Å².